The fraction of sp³-hybridized carbons (Fsp3) is 0.636. The van der Waals surface area contributed by atoms with Gasteiger partial charge in [0.15, 0.2) is 23.0 Å². The van der Waals surface area contributed by atoms with Crippen molar-refractivity contribution < 1.29 is 39.6 Å². The van der Waals surface area contributed by atoms with Crippen molar-refractivity contribution in [1.82, 2.24) is 0 Å². The molecule has 0 radical (unpaired) electrons. The number of carbonyl (C=O) groups excluding carboxylic acids is 4. The van der Waals surface area contributed by atoms with E-state index < -0.39 is 45.5 Å². The van der Waals surface area contributed by atoms with E-state index in [-0.39, 0.29) is 0 Å². The second-order valence-corrected chi connectivity index (χ2v) is 5.08. The lowest BCUT2D eigenvalue weighted by atomic mass is 9.72. The number of carbonyl (C=O) groups is 4. The number of hydrogen-bond donors (Lipinski definition) is 4. The van der Waals surface area contributed by atoms with Gasteiger partial charge in [0.25, 0.3) is 0 Å². The van der Waals surface area contributed by atoms with Crippen molar-refractivity contribution in [2.75, 3.05) is 0 Å². The molecule has 0 aliphatic carbocycles. The lowest BCUT2D eigenvalue weighted by Crippen LogP contribution is -2.73. The van der Waals surface area contributed by atoms with Gasteiger partial charge in [-0.05, 0) is 36.7 Å². The summed E-state index contributed by atoms with van der Waals surface area (Å²) in [6.07, 6.45) is -4.85. The minimum absolute atomic E-state index is 0.680. The number of hydrogen-bond acceptors (Lipinski definition) is 8. The first-order valence-corrected chi connectivity index (χ1v) is 6.17. The Morgan fingerprint density at radius 1 is 0.950 bits per heavy atom. The van der Waals surface area contributed by atoms with Gasteiger partial charge in [0.05, 0.1) is 0 Å². The van der Waals surface area contributed by atoms with Crippen LogP contribution in [0.2, 0.25) is 0 Å². The Bertz CT molecular complexity index is 445. The third kappa shape index (κ3) is 2.72. The Morgan fingerprint density at radius 2 is 1.35 bits per heavy atom. The van der Waals surface area contributed by atoms with E-state index in [9.17, 15) is 39.6 Å². The van der Waals surface area contributed by atoms with Crippen molar-refractivity contribution in [2.45, 2.75) is 44.2 Å². The van der Waals surface area contributed by atoms with Crippen LogP contribution in [0.5, 0.6) is 0 Å². The molecule has 0 amide bonds. The number of halogens is 1. The van der Waals surface area contributed by atoms with E-state index in [1.54, 1.807) is 0 Å². The molecule has 4 unspecified atom stereocenters. The van der Waals surface area contributed by atoms with Crippen LogP contribution < -0.4 is 0 Å². The van der Waals surface area contributed by atoms with Crippen molar-refractivity contribution in [3.8, 4) is 0 Å². The molecule has 0 rings (SSSR count). The summed E-state index contributed by atoms with van der Waals surface area (Å²) >= 11 is 2.26. The van der Waals surface area contributed by atoms with Crippen LogP contribution in [0, 0.1) is 0 Å². The molecule has 9 heteroatoms. The first-order chi connectivity index (χ1) is 8.84. The van der Waals surface area contributed by atoms with Crippen molar-refractivity contribution in [2.24, 2.45) is 0 Å². The van der Waals surface area contributed by atoms with Gasteiger partial charge in [-0.25, -0.2) is 0 Å². The van der Waals surface area contributed by atoms with Gasteiger partial charge in [-0.3, -0.25) is 19.2 Å². The van der Waals surface area contributed by atoms with Gasteiger partial charge in [-0.1, -0.05) is 0 Å². The van der Waals surface area contributed by atoms with Gasteiger partial charge in [-0.15, -0.1) is 0 Å². The maximum atomic E-state index is 11.6. The maximum absolute atomic E-state index is 11.6. The van der Waals surface area contributed by atoms with Crippen LogP contribution in [0.15, 0.2) is 0 Å². The molecule has 0 fully saturated rings. The summed E-state index contributed by atoms with van der Waals surface area (Å²) in [6.45, 7) is 2.22. The second kappa shape index (κ2) is 6.19. The topological polar surface area (TPSA) is 149 Å². The number of Topliss-reactive ketones (excluding diaryl/α,β-unsaturated/α-hetero) is 3. The highest BCUT2D eigenvalue weighted by molar-refractivity contribution is 9.18. The molecular formula is C11H15BrO8. The Hall–Kier alpha value is -1.00. The van der Waals surface area contributed by atoms with Crippen LogP contribution in [0.4, 0.5) is 0 Å². The highest BCUT2D eigenvalue weighted by atomic mass is 79.9. The van der Waals surface area contributed by atoms with E-state index >= 15 is 0 Å². The summed E-state index contributed by atoms with van der Waals surface area (Å²) in [5, 5.41) is 39.5. The highest BCUT2D eigenvalue weighted by Gasteiger charge is 2.66. The molecule has 20 heavy (non-hydrogen) atoms. The van der Waals surface area contributed by atoms with Gasteiger partial charge in [0.2, 0.25) is 10.3 Å². The SMILES string of the molecule is CC(=O)C(O)C(O)C(O)(C(C)=O)C(O)(C(C)=O)C(=O)Br. The van der Waals surface area contributed by atoms with Crippen LogP contribution in [0.1, 0.15) is 20.8 Å². The smallest absolute Gasteiger partial charge is 0.240 e. The lowest BCUT2D eigenvalue weighted by Gasteiger charge is -2.41. The molecule has 4 atom stereocenters. The lowest BCUT2D eigenvalue weighted by molar-refractivity contribution is -0.211. The summed E-state index contributed by atoms with van der Waals surface area (Å²) < 4.78 is -1.50. The van der Waals surface area contributed by atoms with Crippen LogP contribution in [-0.4, -0.2) is 65.9 Å². The van der Waals surface area contributed by atoms with Gasteiger partial charge in [0, 0.05) is 0 Å². The van der Waals surface area contributed by atoms with Crippen molar-refractivity contribution in [1.29, 1.82) is 0 Å². The van der Waals surface area contributed by atoms with Crippen molar-refractivity contribution in [3.63, 3.8) is 0 Å². The molecule has 4 N–H and O–H groups in total. The third-order valence-electron chi connectivity index (χ3n) is 3.03. The van der Waals surface area contributed by atoms with Crippen LogP contribution in [0.3, 0.4) is 0 Å². The summed E-state index contributed by atoms with van der Waals surface area (Å²) in [5.41, 5.74) is -6.74. The minimum Gasteiger partial charge on any atom is -0.386 e. The molecule has 0 saturated heterocycles. The molecule has 0 heterocycles. The zero-order valence-electron chi connectivity index (χ0n) is 11.0. The van der Waals surface area contributed by atoms with E-state index in [0.29, 0.717) is 13.8 Å². The molecule has 0 aromatic carbocycles. The van der Waals surface area contributed by atoms with E-state index in [1.807, 2.05) is 0 Å². The second-order valence-electron chi connectivity index (χ2n) is 4.36. The normalized spacial score (nSPS) is 20.2. The van der Waals surface area contributed by atoms with E-state index in [1.165, 1.54) is 0 Å². The van der Waals surface area contributed by atoms with Crippen molar-refractivity contribution >= 4 is 38.0 Å². The monoisotopic (exact) mass is 354 g/mol. The van der Waals surface area contributed by atoms with E-state index in [4.69, 9.17) is 0 Å². The summed E-state index contributed by atoms with van der Waals surface area (Å²) in [7, 11) is 0. The largest absolute Gasteiger partial charge is 0.386 e. The summed E-state index contributed by atoms with van der Waals surface area (Å²) in [4.78, 5) is 45.5. The molecule has 0 bridgehead atoms. The van der Waals surface area contributed by atoms with Gasteiger partial charge < -0.3 is 20.4 Å². The summed E-state index contributed by atoms with van der Waals surface area (Å²) in [6, 6.07) is 0. The van der Waals surface area contributed by atoms with Gasteiger partial charge >= 0.3 is 0 Å². The quantitative estimate of drug-likeness (QED) is 0.299. The zero-order chi connectivity index (χ0) is 16.5. The van der Waals surface area contributed by atoms with Gasteiger partial charge in [0.1, 0.15) is 12.2 Å². The molecule has 114 valence electrons. The van der Waals surface area contributed by atoms with E-state index in [0.717, 1.165) is 6.92 Å². The first-order valence-electron chi connectivity index (χ1n) is 5.38. The Morgan fingerprint density at radius 3 is 1.55 bits per heavy atom. The number of ketones is 3. The average molecular weight is 355 g/mol. The average Bonchev–Trinajstić information content (AvgIpc) is 2.33. The van der Waals surface area contributed by atoms with Crippen molar-refractivity contribution in [3.05, 3.63) is 0 Å². The highest BCUT2D eigenvalue weighted by Crippen LogP contribution is 2.33. The van der Waals surface area contributed by atoms with Crippen LogP contribution in [-0.2, 0) is 19.2 Å². The minimum atomic E-state index is -3.38. The third-order valence-corrected chi connectivity index (χ3v) is 3.60. The first kappa shape index (κ1) is 19.0. The fourth-order valence-corrected chi connectivity index (χ4v) is 2.27. The Labute approximate surface area is 122 Å². The molecule has 0 aliphatic rings. The van der Waals surface area contributed by atoms with Crippen LogP contribution in [0.25, 0.3) is 0 Å². The number of aliphatic hydroxyl groups excluding tert-OH is 2. The molecule has 0 saturated carbocycles. The molecule has 0 aliphatic heterocycles. The Balaban J connectivity index is 6.22. The maximum Gasteiger partial charge on any atom is 0.240 e. The van der Waals surface area contributed by atoms with Gasteiger partial charge in [-0.2, -0.15) is 0 Å². The molecule has 0 spiro atoms. The fourth-order valence-electron chi connectivity index (χ4n) is 1.68. The molecule has 8 nitrogen and oxygen atoms in total. The number of aliphatic hydroxyl groups is 4. The Kier molecular flexibility index (Phi) is 5.88. The molecular weight excluding hydrogens is 340 g/mol. The standard InChI is InChI=1S/C11H15BrO8/c1-4(13)7(16)8(17)10(19,5(2)14)11(20,6(3)15)9(12)18/h7-8,16-17,19-20H,1-3H3. The van der Waals surface area contributed by atoms with E-state index in [2.05, 4.69) is 15.9 Å². The molecule has 0 aromatic heterocycles. The predicted molar refractivity (Wildman–Crippen MR) is 67.9 cm³/mol. The zero-order valence-corrected chi connectivity index (χ0v) is 12.5. The molecule has 0 aromatic rings. The summed E-state index contributed by atoms with van der Waals surface area (Å²) in [5.74, 6) is -3.77. The number of rotatable bonds is 7. The van der Waals surface area contributed by atoms with Crippen LogP contribution >= 0.6 is 15.9 Å². The predicted octanol–water partition coefficient (Wildman–Crippen LogP) is -2.14.